The molecule has 0 aliphatic heterocycles. The number of amides is 1. The molecular formula is C14H16Br2N2O. The van der Waals surface area contributed by atoms with Crippen LogP contribution in [-0.4, -0.2) is 14.9 Å². The second-order valence-corrected chi connectivity index (χ2v) is 8.94. The maximum absolute atomic E-state index is 12.1. The zero-order valence-corrected chi connectivity index (χ0v) is 14.3. The van der Waals surface area contributed by atoms with Crippen molar-refractivity contribution >= 4 is 43.5 Å². The monoisotopic (exact) mass is 386 g/mol. The molecule has 1 amide bonds. The van der Waals surface area contributed by atoms with Gasteiger partial charge in [0.25, 0.3) is 0 Å². The lowest BCUT2D eigenvalue weighted by Gasteiger charge is -2.11. The molecule has 0 unspecified atom stereocenters. The summed E-state index contributed by atoms with van der Waals surface area (Å²) in [5.74, 6) is -0.0748. The van der Waals surface area contributed by atoms with Gasteiger partial charge in [0.2, 0.25) is 5.91 Å². The Morgan fingerprint density at radius 1 is 1.37 bits per heavy atom. The van der Waals surface area contributed by atoms with Gasteiger partial charge in [-0.2, -0.15) is 5.10 Å². The van der Waals surface area contributed by atoms with Crippen molar-refractivity contribution in [3.8, 4) is 0 Å². The third kappa shape index (κ3) is 2.77. The summed E-state index contributed by atoms with van der Waals surface area (Å²) in [5, 5.41) is 4.20. The van der Waals surface area contributed by atoms with Crippen molar-refractivity contribution in [3.05, 3.63) is 35.4 Å². The molecule has 1 saturated carbocycles. The molecular weight excluding hydrogens is 372 g/mol. The lowest BCUT2D eigenvalue weighted by atomic mass is 10.1. The van der Waals surface area contributed by atoms with Crippen molar-refractivity contribution in [2.24, 2.45) is 10.5 Å². The fourth-order valence-corrected chi connectivity index (χ4v) is 3.42. The highest BCUT2D eigenvalue weighted by molar-refractivity contribution is 9.25. The number of benzene rings is 1. The van der Waals surface area contributed by atoms with Crippen LogP contribution in [0.5, 0.6) is 0 Å². The Morgan fingerprint density at radius 3 is 2.47 bits per heavy atom. The molecule has 0 saturated heterocycles. The van der Waals surface area contributed by atoms with Gasteiger partial charge in [0.1, 0.15) is 0 Å². The van der Waals surface area contributed by atoms with Crippen LogP contribution in [0.4, 0.5) is 0 Å². The summed E-state index contributed by atoms with van der Waals surface area (Å²) < 4.78 is -0.289. The Kier molecular flexibility index (Phi) is 3.89. The lowest BCUT2D eigenvalue weighted by Crippen LogP contribution is -2.30. The van der Waals surface area contributed by atoms with Crippen molar-refractivity contribution in [1.29, 1.82) is 0 Å². The maximum Gasteiger partial charge on any atom is 0.248 e. The van der Waals surface area contributed by atoms with Gasteiger partial charge in [0.05, 0.1) is 14.4 Å². The molecule has 3 nitrogen and oxygen atoms in total. The third-order valence-electron chi connectivity index (χ3n) is 3.62. The van der Waals surface area contributed by atoms with E-state index in [1.54, 1.807) is 0 Å². The van der Waals surface area contributed by atoms with E-state index in [0.717, 1.165) is 23.3 Å². The highest BCUT2D eigenvalue weighted by Gasteiger charge is 2.66. The first-order valence-electron chi connectivity index (χ1n) is 6.06. The molecule has 2 rings (SSSR count). The molecule has 0 aromatic heterocycles. The van der Waals surface area contributed by atoms with E-state index in [9.17, 15) is 4.79 Å². The molecule has 1 atom stereocenters. The fraction of sp³-hybridized carbons (Fsp3) is 0.429. The Bertz CT molecular complexity index is 554. The standard InChI is InChI=1S/C14H16Br2N2O/c1-9-6-4-5-7-11(9)10(2)17-18-12(19)13(3)8-14(13,15)16/h4-7H,8H2,1-3H3,(H,18,19)/b17-10-/t13-/m1/s1. The number of nitrogens with zero attached hydrogens (tertiary/aromatic N) is 1. The smallest absolute Gasteiger partial charge is 0.248 e. The molecule has 102 valence electrons. The van der Waals surface area contributed by atoms with Crippen LogP contribution in [0.25, 0.3) is 0 Å². The Labute approximate surface area is 130 Å². The van der Waals surface area contributed by atoms with Crippen LogP contribution in [0.2, 0.25) is 0 Å². The average molecular weight is 388 g/mol. The number of aryl methyl sites for hydroxylation is 1. The van der Waals surface area contributed by atoms with Gasteiger partial charge in [0, 0.05) is 5.56 Å². The molecule has 1 aromatic carbocycles. The zero-order valence-electron chi connectivity index (χ0n) is 11.1. The number of rotatable bonds is 3. The fourth-order valence-electron chi connectivity index (χ4n) is 1.94. The Morgan fingerprint density at radius 2 is 1.95 bits per heavy atom. The van der Waals surface area contributed by atoms with E-state index in [1.165, 1.54) is 0 Å². The third-order valence-corrected chi connectivity index (χ3v) is 5.93. The molecule has 1 fully saturated rings. The minimum Gasteiger partial charge on any atom is -0.272 e. The Hall–Kier alpha value is -0.680. The van der Waals surface area contributed by atoms with Crippen molar-refractivity contribution in [2.45, 2.75) is 30.4 Å². The molecule has 1 aliphatic rings. The van der Waals surface area contributed by atoms with Crippen molar-refractivity contribution in [2.75, 3.05) is 0 Å². The van der Waals surface area contributed by atoms with E-state index < -0.39 is 5.41 Å². The van der Waals surface area contributed by atoms with Gasteiger partial charge in [-0.25, -0.2) is 5.43 Å². The number of carbonyl (C=O) groups is 1. The molecule has 0 radical (unpaired) electrons. The van der Waals surface area contributed by atoms with Crippen LogP contribution >= 0.6 is 31.9 Å². The highest BCUT2D eigenvalue weighted by atomic mass is 79.9. The van der Waals surface area contributed by atoms with Crippen LogP contribution in [0.1, 0.15) is 31.4 Å². The number of nitrogens with one attached hydrogen (secondary N) is 1. The number of hydrogen-bond donors (Lipinski definition) is 1. The minimum absolute atomic E-state index is 0.0748. The van der Waals surface area contributed by atoms with Crippen LogP contribution in [0.15, 0.2) is 29.4 Å². The molecule has 19 heavy (non-hydrogen) atoms. The first-order valence-corrected chi connectivity index (χ1v) is 7.65. The van der Waals surface area contributed by atoms with Crippen molar-refractivity contribution in [3.63, 3.8) is 0 Å². The Balaban J connectivity index is 2.08. The normalized spacial score (nSPS) is 25.0. The van der Waals surface area contributed by atoms with Crippen LogP contribution in [0.3, 0.4) is 0 Å². The predicted molar refractivity (Wildman–Crippen MR) is 84.8 cm³/mol. The van der Waals surface area contributed by atoms with Crippen LogP contribution < -0.4 is 5.43 Å². The topological polar surface area (TPSA) is 41.5 Å². The van der Waals surface area contributed by atoms with Gasteiger partial charge in [-0.05, 0) is 32.8 Å². The largest absolute Gasteiger partial charge is 0.272 e. The van der Waals surface area contributed by atoms with Crippen molar-refractivity contribution < 1.29 is 4.79 Å². The van der Waals surface area contributed by atoms with Crippen LogP contribution in [0, 0.1) is 12.3 Å². The summed E-state index contributed by atoms with van der Waals surface area (Å²) in [7, 11) is 0. The van der Waals surface area contributed by atoms with Gasteiger partial charge in [0.15, 0.2) is 0 Å². The number of alkyl halides is 2. The number of halogens is 2. The molecule has 0 heterocycles. The predicted octanol–water partition coefficient (Wildman–Crippen LogP) is 3.73. The van der Waals surface area contributed by atoms with Crippen molar-refractivity contribution in [1.82, 2.24) is 5.43 Å². The summed E-state index contributed by atoms with van der Waals surface area (Å²) in [4.78, 5) is 12.1. The number of hydrazone groups is 1. The number of hydrogen-bond acceptors (Lipinski definition) is 2. The maximum atomic E-state index is 12.1. The second kappa shape index (κ2) is 5.02. The van der Waals surface area contributed by atoms with Gasteiger partial charge in [-0.15, -0.1) is 0 Å². The summed E-state index contributed by atoms with van der Waals surface area (Å²) in [5.41, 5.74) is 5.22. The van der Waals surface area contributed by atoms with E-state index >= 15 is 0 Å². The lowest BCUT2D eigenvalue weighted by molar-refractivity contribution is -0.125. The molecule has 1 aliphatic carbocycles. The molecule has 1 N–H and O–H groups in total. The first-order chi connectivity index (χ1) is 8.78. The van der Waals surface area contributed by atoms with E-state index in [-0.39, 0.29) is 9.14 Å². The number of carbonyl (C=O) groups excluding carboxylic acids is 1. The van der Waals surface area contributed by atoms with E-state index in [0.29, 0.717) is 0 Å². The second-order valence-electron chi connectivity index (χ2n) is 5.17. The minimum atomic E-state index is -0.442. The van der Waals surface area contributed by atoms with E-state index in [1.807, 2.05) is 45.0 Å². The van der Waals surface area contributed by atoms with Gasteiger partial charge in [-0.3, -0.25) is 4.79 Å². The summed E-state index contributed by atoms with van der Waals surface area (Å²) in [6.07, 6.45) is 0.755. The zero-order chi connectivity index (χ0) is 14.3. The summed E-state index contributed by atoms with van der Waals surface area (Å²) in [6, 6.07) is 7.98. The summed E-state index contributed by atoms with van der Waals surface area (Å²) in [6.45, 7) is 5.83. The molecule has 5 heteroatoms. The van der Waals surface area contributed by atoms with Gasteiger partial charge < -0.3 is 0 Å². The molecule has 1 aromatic rings. The average Bonchev–Trinajstić information content (AvgIpc) is 2.87. The van der Waals surface area contributed by atoms with E-state index in [2.05, 4.69) is 42.4 Å². The SMILES string of the molecule is C/C(=N/NC(=O)[C@@]1(C)CC1(Br)Br)c1ccccc1C. The van der Waals surface area contributed by atoms with Gasteiger partial charge >= 0.3 is 0 Å². The first kappa shape index (κ1) is 14.7. The van der Waals surface area contributed by atoms with E-state index in [4.69, 9.17) is 0 Å². The molecule has 0 spiro atoms. The van der Waals surface area contributed by atoms with Crippen LogP contribution in [-0.2, 0) is 4.79 Å². The highest BCUT2D eigenvalue weighted by Crippen LogP contribution is 2.66. The summed E-state index contributed by atoms with van der Waals surface area (Å²) >= 11 is 6.96. The van der Waals surface area contributed by atoms with Gasteiger partial charge in [-0.1, -0.05) is 56.1 Å². The molecule has 0 bridgehead atoms. The quantitative estimate of drug-likeness (QED) is 0.479.